The molecule has 0 heterocycles. The highest BCUT2D eigenvalue weighted by molar-refractivity contribution is 7.92. The van der Waals surface area contributed by atoms with Crippen molar-refractivity contribution in [3.63, 3.8) is 0 Å². The van der Waals surface area contributed by atoms with Gasteiger partial charge >= 0.3 is 0 Å². The Kier molecular flexibility index (Phi) is 7.53. The Hall–Kier alpha value is -1.76. The first-order chi connectivity index (χ1) is 12.7. The van der Waals surface area contributed by atoms with Gasteiger partial charge in [-0.3, -0.25) is 9.10 Å². The summed E-state index contributed by atoms with van der Waals surface area (Å²) in [7, 11) is -3.69. The molecule has 0 saturated carbocycles. The molecule has 0 spiro atoms. The first-order valence-electron chi connectivity index (χ1n) is 8.46. The van der Waals surface area contributed by atoms with E-state index in [1.54, 1.807) is 0 Å². The number of anilines is 1. The van der Waals surface area contributed by atoms with Gasteiger partial charge in [-0.1, -0.05) is 53.5 Å². The van der Waals surface area contributed by atoms with Gasteiger partial charge in [-0.2, -0.15) is 0 Å². The monoisotopic (exact) mass is 428 g/mol. The summed E-state index contributed by atoms with van der Waals surface area (Å²) in [6.07, 6.45) is 2.64. The molecule has 27 heavy (non-hydrogen) atoms. The number of carbonyl (C=O) groups is 1. The number of carbonyl (C=O) groups excluding carboxylic acids is 1. The van der Waals surface area contributed by atoms with Crippen molar-refractivity contribution < 1.29 is 13.2 Å². The van der Waals surface area contributed by atoms with Gasteiger partial charge in [-0.05, 0) is 43.5 Å². The van der Waals surface area contributed by atoms with E-state index < -0.39 is 16.1 Å². The zero-order chi connectivity index (χ0) is 20.0. The van der Waals surface area contributed by atoms with Crippen LogP contribution in [-0.4, -0.2) is 33.2 Å². The minimum absolute atomic E-state index is 0.221. The summed E-state index contributed by atoms with van der Waals surface area (Å²) in [6, 6.07) is 13.5. The van der Waals surface area contributed by atoms with E-state index in [-0.39, 0.29) is 10.9 Å². The van der Waals surface area contributed by atoms with Crippen molar-refractivity contribution in [2.45, 2.75) is 25.8 Å². The first kappa shape index (κ1) is 21.5. The molecule has 0 unspecified atom stereocenters. The van der Waals surface area contributed by atoms with E-state index in [1.807, 2.05) is 30.3 Å². The molecule has 5 nitrogen and oxygen atoms in total. The van der Waals surface area contributed by atoms with Gasteiger partial charge in [-0.25, -0.2) is 8.42 Å². The quantitative estimate of drug-likeness (QED) is 0.648. The van der Waals surface area contributed by atoms with Gasteiger partial charge in [0.15, 0.2) is 0 Å². The first-order valence-corrected chi connectivity index (χ1v) is 11.1. The molecule has 2 aromatic rings. The summed E-state index contributed by atoms with van der Waals surface area (Å²) in [5.41, 5.74) is 1.48. The van der Waals surface area contributed by atoms with Crippen LogP contribution in [0.5, 0.6) is 0 Å². The molecule has 146 valence electrons. The highest BCUT2D eigenvalue weighted by Crippen LogP contribution is 2.29. The van der Waals surface area contributed by atoms with E-state index in [4.69, 9.17) is 23.2 Å². The molecule has 0 bridgehead atoms. The van der Waals surface area contributed by atoms with Gasteiger partial charge in [-0.15, -0.1) is 0 Å². The Morgan fingerprint density at radius 1 is 1.11 bits per heavy atom. The predicted octanol–water partition coefficient (Wildman–Crippen LogP) is 3.90. The lowest BCUT2D eigenvalue weighted by Gasteiger charge is -2.28. The molecule has 0 fully saturated rings. The highest BCUT2D eigenvalue weighted by Gasteiger charge is 2.29. The molecule has 0 radical (unpaired) electrons. The molecule has 0 aliphatic heterocycles. The van der Waals surface area contributed by atoms with Crippen molar-refractivity contribution in [3.8, 4) is 0 Å². The van der Waals surface area contributed by atoms with Gasteiger partial charge in [0.2, 0.25) is 15.9 Å². The maximum absolute atomic E-state index is 12.5. The largest absolute Gasteiger partial charge is 0.354 e. The Bertz CT molecular complexity index is 889. The van der Waals surface area contributed by atoms with Crippen LogP contribution in [-0.2, 0) is 21.2 Å². The smallest absolute Gasteiger partial charge is 0.243 e. The number of sulfonamides is 1. The second-order valence-electron chi connectivity index (χ2n) is 6.21. The summed E-state index contributed by atoms with van der Waals surface area (Å²) in [4.78, 5) is 12.5. The third kappa shape index (κ3) is 6.13. The minimum atomic E-state index is -3.69. The second-order valence-corrected chi connectivity index (χ2v) is 8.89. The normalized spacial score (nSPS) is 12.4. The van der Waals surface area contributed by atoms with E-state index in [0.29, 0.717) is 17.3 Å². The molecule has 0 aromatic heterocycles. The lowest BCUT2D eigenvalue weighted by Crippen LogP contribution is -2.48. The third-order valence-corrected chi connectivity index (χ3v) is 6.01. The highest BCUT2D eigenvalue weighted by atomic mass is 35.5. The molecule has 0 aliphatic rings. The number of hydrogen-bond donors (Lipinski definition) is 1. The van der Waals surface area contributed by atoms with Crippen LogP contribution >= 0.6 is 23.2 Å². The fourth-order valence-electron chi connectivity index (χ4n) is 2.73. The summed E-state index contributed by atoms with van der Waals surface area (Å²) in [5.74, 6) is -0.375. The molecular formula is C19H22Cl2N2O3S. The Labute approximate surface area is 170 Å². The molecule has 0 aliphatic carbocycles. The molecule has 1 amide bonds. The zero-order valence-corrected chi connectivity index (χ0v) is 17.5. The van der Waals surface area contributed by atoms with E-state index in [1.165, 1.54) is 30.7 Å². The molecule has 2 rings (SSSR count). The maximum Gasteiger partial charge on any atom is 0.243 e. The van der Waals surface area contributed by atoms with E-state index in [9.17, 15) is 13.2 Å². The molecular weight excluding hydrogens is 407 g/mol. The standard InChI is InChI=1S/C19H22Cl2N2O3S/c1-14(19(24)22-12-6-9-15-7-4-3-5-8-15)23(27(2,25)26)16-10-11-17(20)18(21)13-16/h3-5,7-8,10-11,13-14H,6,9,12H2,1-2H3,(H,22,24)/t14-/m1/s1. The third-order valence-electron chi connectivity index (χ3n) is 4.03. The summed E-state index contributed by atoms with van der Waals surface area (Å²) in [6.45, 7) is 1.99. The SMILES string of the molecule is C[C@H](C(=O)NCCCc1ccccc1)N(c1ccc(Cl)c(Cl)c1)S(C)(=O)=O. The van der Waals surface area contributed by atoms with Crippen LogP contribution < -0.4 is 9.62 Å². The van der Waals surface area contributed by atoms with Crippen molar-refractivity contribution in [1.29, 1.82) is 0 Å². The molecule has 8 heteroatoms. The van der Waals surface area contributed by atoms with Gasteiger partial charge in [0.1, 0.15) is 6.04 Å². The van der Waals surface area contributed by atoms with Crippen LogP contribution in [0.3, 0.4) is 0 Å². The number of hydrogen-bond acceptors (Lipinski definition) is 3. The molecule has 0 saturated heterocycles. The zero-order valence-electron chi connectivity index (χ0n) is 15.2. The van der Waals surface area contributed by atoms with Gasteiger partial charge in [0.25, 0.3) is 0 Å². The fourth-order valence-corrected chi connectivity index (χ4v) is 4.19. The van der Waals surface area contributed by atoms with Crippen LogP contribution in [0.2, 0.25) is 10.0 Å². The number of rotatable bonds is 8. The topological polar surface area (TPSA) is 66.5 Å². The van der Waals surface area contributed by atoms with Crippen LogP contribution in [0.25, 0.3) is 0 Å². The lowest BCUT2D eigenvalue weighted by atomic mass is 10.1. The number of amides is 1. The summed E-state index contributed by atoms with van der Waals surface area (Å²) >= 11 is 11.9. The lowest BCUT2D eigenvalue weighted by molar-refractivity contribution is -0.121. The van der Waals surface area contributed by atoms with Crippen LogP contribution in [0.1, 0.15) is 18.9 Å². The average Bonchev–Trinajstić information content (AvgIpc) is 2.61. The Balaban J connectivity index is 2.03. The molecule has 2 aromatic carbocycles. The Morgan fingerprint density at radius 3 is 2.37 bits per heavy atom. The predicted molar refractivity (Wildman–Crippen MR) is 111 cm³/mol. The maximum atomic E-state index is 12.5. The fraction of sp³-hybridized carbons (Fsp3) is 0.316. The summed E-state index contributed by atoms with van der Waals surface area (Å²) in [5, 5.41) is 3.33. The van der Waals surface area contributed by atoms with E-state index >= 15 is 0 Å². The number of benzene rings is 2. The molecule has 1 atom stereocenters. The minimum Gasteiger partial charge on any atom is -0.354 e. The van der Waals surface area contributed by atoms with Crippen LogP contribution in [0, 0.1) is 0 Å². The second kappa shape index (κ2) is 9.44. The van der Waals surface area contributed by atoms with Gasteiger partial charge in [0, 0.05) is 6.54 Å². The van der Waals surface area contributed by atoms with Crippen molar-refractivity contribution in [1.82, 2.24) is 5.32 Å². The van der Waals surface area contributed by atoms with Crippen molar-refractivity contribution in [3.05, 3.63) is 64.1 Å². The number of nitrogens with one attached hydrogen (secondary N) is 1. The van der Waals surface area contributed by atoms with Crippen molar-refractivity contribution in [2.24, 2.45) is 0 Å². The Morgan fingerprint density at radius 2 is 1.78 bits per heavy atom. The van der Waals surface area contributed by atoms with Gasteiger partial charge in [0.05, 0.1) is 22.0 Å². The van der Waals surface area contributed by atoms with Crippen LogP contribution in [0.4, 0.5) is 5.69 Å². The number of nitrogens with zero attached hydrogens (tertiary/aromatic N) is 1. The van der Waals surface area contributed by atoms with Crippen molar-refractivity contribution in [2.75, 3.05) is 17.1 Å². The molecule has 1 N–H and O–H groups in total. The number of halogens is 2. The van der Waals surface area contributed by atoms with Gasteiger partial charge < -0.3 is 5.32 Å². The van der Waals surface area contributed by atoms with Crippen molar-refractivity contribution >= 4 is 44.8 Å². The number of aryl methyl sites for hydroxylation is 1. The van der Waals surface area contributed by atoms with E-state index in [0.717, 1.165) is 23.4 Å². The van der Waals surface area contributed by atoms with Crippen LogP contribution in [0.15, 0.2) is 48.5 Å². The average molecular weight is 429 g/mol. The van der Waals surface area contributed by atoms with E-state index in [2.05, 4.69) is 5.32 Å². The summed E-state index contributed by atoms with van der Waals surface area (Å²) < 4.78 is 25.6.